The predicted octanol–water partition coefficient (Wildman–Crippen LogP) is 1.95. The van der Waals surface area contributed by atoms with Crippen molar-refractivity contribution in [2.24, 2.45) is 0 Å². The van der Waals surface area contributed by atoms with Crippen LogP contribution in [0.15, 0.2) is 0 Å². The molecule has 0 atom stereocenters. The second kappa shape index (κ2) is 9.33. The first-order valence-corrected chi connectivity index (χ1v) is 7.52. The number of hydrogen-bond acceptors (Lipinski definition) is 7. The lowest BCUT2D eigenvalue weighted by molar-refractivity contribution is 0.202. The van der Waals surface area contributed by atoms with Crippen molar-refractivity contribution in [2.45, 2.75) is 39.7 Å². The van der Waals surface area contributed by atoms with Crippen LogP contribution < -0.4 is 15.0 Å². The Morgan fingerprint density at radius 3 is 2.38 bits per heavy atom. The maximum Gasteiger partial charge on any atom is 0.323 e. The summed E-state index contributed by atoms with van der Waals surface area (Å²) < 4.78 is 10.6. The highest BCUT2D eigenvalue weighted by Gasteiger charge is 2.20. The summed E-state index contributed by atoms with van der Waals surface area (Å²) in [5, 5.41) is 2.95. The first kappa shape index (κ1) is 17.4. The van der Waals surface area contributed by atoms with E-state index < -0.39 is 0 Å². The summed E-state index contributed by atoms with van der Waals surface area (Å²) in [4.78, 5) is 15.3. The molecule has 1 heterocycles. The highest BCUT2D eigenvalue weighted by molar-refractivity contribution is 5.39. The van der Waals surface area contributed by atoms with Crippen LogP contribution in [-0.2, 0) is 4.74 Å². The summed E-state index contributed by atoms with van der Waals surface area (Å²) in [5.74, 6) is 1.14. The molecule has 0 radical (unpaired) electrons. The first-order valence-electron chi connectivity index (χ1n) is 7.52. The maximum absolute atomic E-state index is 5.43. The highest BCUT2D eigenvalue weighted by Crippen LogP contribution is 2.20. The molecule has 7 heteroatoms. The predicted molar refractivity (Wildman–Crippen MR) is 84.1 cm³/mol. The van der Waals surface area contributed by atoms with Gasteiger partial charge in [-0.2, -0.15) is 15.0 Å². The molecular weight excluding hydrogens is 270 g/mol. The molecule has 1 rings (SSSR count). The second-order valence-electron chi connectivity index (χ2n) is 4.58. The molecule has 0 aliphatic carbocycles. The SMILES string of the molecule is CCOc1nc(NC)nc(N(CCOC)C(CC)CC)n1. The van der Waals surface area contributed by atoms with Crippen molar-refractivity contribution < 1.29 is 9.47 Å². The van der Waals surface area contributed by atoms with Gasteiger partial charge in [0.05, 0.1) is 13.2 Å². The molecule has 0 amide bonds. The lowest BCUT2D eigenvalue weighted by Gasteiger charge is -2.30. The topological polar surface area (TPSA) is 72.4 Å². The van der Waals surface area contributed by atoms with Crippen LogP contribution in [0.3, 0.4) is 0 Å². The van der Waals surface area contributed by atoms with Crippen LogP contribution in [0.4, 0.5) is 11.9 Å². The lowest BCUT2D eigenvalue weighted by atomic mass is 10.1. The molecule has 0 saturated heterocycles. The average Bonchev–Trinajstić information content (AvgIpc) is 2.51. The molecule has 7 nitrogen and oxygen atoms in total. The fourth-order valence-corrected chi connectivity index (χ4v) is 2.14. The third-order valence-corrected chi connectivity index (χ3v) is 3.28. The van der Waals surface area contributed by atoms with Crippen molar-refractivity contribution in [3.8, 4) is 6.01 Å². The standard InChI is InChI=1S/C14H27N5O2/c1-6-11(7-2)19(9-10-20-5)13-16-12(15-4)17-14(18-13)21-8-3/h11H,6-10H2,1-5H3,(H,15,16,17,18). The van der Waals surface area contributed by atoms with E-state index in [2.05, 4.69) is 39.0 Å². The number of anilines is 2. The Kier molecular flexibility index (Phi) is 7.74. The Morgan fingerprint density at radius 2 is 1.86 bits per heavy atom. The van der Waals surface area contributed by atoms with E-state index in [-0.39, 0.29) is 0 Å². The van der Waals surface area contributed by atoms with Gasteiger partial charge in [0.15, 0.2) is 0 Å². The minimum absolute atomic E-state index is 0.347. The van der Waals surface area contributed by atoms with Gasteiger partial charge < -0.3 is 19.7 Å². The van der Waals surface area contributed by atoms with Crippen molar-refractivity contribution in [2.75, 3.05) is 44.1 Å². The summed E-state index contributed by atoms with van der Waals surface area (Å²) in [6.07, 6.45) is 2.04. The minimum atomic E-state index is 0.347. The van der Waals surface area contributed by atoms with Gasteiger partial charge in [0.25, 0.3) is 0 Å². The zero-order valence-electron chi connectivity index (χ0n) is 13.7. The number of hydrogen-bond donors (Lipinski definition) is 1. The Balaban J connectivity index is 3.11. The fourth-order valence-electron chi connectivity index (χ4n) is 2.14. The van der Waals surface area contributed by atoms with Crippen molar-refractivity contribution in [3.63, 3.8) is 0 Å². The number of rotatable bonds is 10. The van der Waals surface area contributed by atoms with Crippen molar-refractivity contribution in [1.29, 1.82) is 0 Å². The third-order valence-electron chi connectivity index (χ3n) is 3.28. The second-order valence-corrected chi connectivity index (χ2v) is 4.58. The molecule has 0 aliphatic heterocycles. The van der Waals surface area contributed by atoms with Crippen LogP contribution in [0.1, 0.15) is 33.6 Å². The normalized spacial score (nSPS) is 10.8. The maximum atomic E-state index is 5.43. The molecule has 0 saturated carbocycles. The largest absolute Gasteiger partial charge is 0.464 e. The molecular formula is C14H27N5O2. The van der Waals surface area contributed by atoms with Gasteiger partial charge in [-0.1, -0.05) is 13.8 Å². The minimum Gasteiger partial charge on any atom is -0.464 e. The van der Waals surface area contributed by atoms with E-state index in [1.54, 1.807) is 14.2 Å². The van der Waals surface area contributed by atoms with Crippen molar-refractivity contribution >= 4 is 11.9 Å². The molecule has 1 aromatic rings. The Bertz CT molecular complexity index is 412. The van der Waals surface area contributed by atoms with Gasteiger partial charge in [-0.15, -0.1) is 0 Å². The van der Waals surface area contributed by atoms with E-state index in [1.807, 2.05) is 6.92 Å². The summed E-state index contributed by atoms with van der Waals surface area (Å²) in [6, 6.07) is 0.710. The summed E-state index contributed by atoms with van der Waals surface area (Å²) >= 11 is 0. The van der Waals surface area contributed by atoms with Gasteiger partial charge >= 0.3 is 6.01 Å². The number of methoxy groups -OCH3 is 1. The van der Waals surface area contributed by atoms with Gasteiger partial charge in [0.2, 0.25) is 11.9 Å². The molecule has 1 N–H and O–H groups in total. The molecule has 0 aliphatic rings. The third kappa shape index (κ3) is 5.00. The number of ether oxygens (including phenoxy) is 2. The fraction of sp³-hybridized carbons (Fsp3) is 0.786. The van der Waals surface area contributed by atoms with Gasteiger partial charge in [-0.25, -0.2) is 0 Å². The highest BCUT2D eigenvalue weighted by atomic mass is 16.5. The van der Waals surface area contributed by atoms with Crippen LogP contribution >= 0.6 is 0 Å². The summed E-state index contributed by atoms with van der Waals surface area (Å²) in [7, 11) is 3.48. The molecule has 0 aromatic carbocycles. The molecule has 120 valence electrons. The molecule has 0 fully saturated rings. The van der Waals surface area contributed by atoms with Crippen LogP contribution in [0.5, 0.6) is 6.01 Å². The molecule has 0 spiro atoms. The molecule has 21 heavy (non-hydrogen) atoms. The quantitative estimate of drug-likeness (QED) is 0.707. The monoisotopic (exact) mass is 297 g/mol. The first-order chi connectivity index (χ1) is 10.2. The molecule has 1 aromatic heterocycles. The van der Waals surface area contributed by atoms with E-state index in [0.29, 0.717) is 37.2 Å². The van der Waals surface area contributed by atoms with E-state index in [1.165, 1.54) is 0 Å². The van der Waals surface area contributed by atoms with Gasteiger partial charge in [0.1, 0.15) is 0 Å². The van der Waals surface area contributed by atoms with Crippen LogP contribution in [-0.4, -0.2) is 54.9 Å². The van der Waals surface area contributed by atoms with Crippen LogP contribution in [0.2, 0.25) is 0 Å². The Hall–Kier alpha value is -1.63. The van der Waals surface area contributed by atoms with Gasteiger partial charge in [-0.3, -0.25) is 0 Å². The van der Waals surface area contributed by atoms with Crippen LogP contribution in [0, 0.1) is 0 Å². The molecule has 0 unspecified atom stereocenters. The summed E-state index contributed by atoms with van der Waals surface area (Å²) in [6.45, 7) is 8.12. The zero-order chi connectivity index (χ0) is 15.7. The van der Waals surface area contributed by atoms with Crippen LogP contribution in [0.25, 0.3) is 0 Å². The number of nitrogens with zero attached hydrogens (tertiary/aromatic N) is 4. The Morgan fingerprint density at radius 1 is 1.14 bits per heavy atom. The zero-order valence-corrected chi connectivity index (χ0v) is 13.7. The van der Waals surface area contributed by atoms with Crippen molar-refractivity contribution in [3.05, 3.63) is 0 Å². The number of nitrogens with one attached hydrogen (secondary N) is 1. The number of aromatic nitrogens is 3. The van der Waals surface area contributed by atoms with Gasteiger partial charge in [0, 0.05) is 26.7 Å². The van der Waals surface area contributed by atoms with Gasteiger partial charge in [-0.05, 0) is 19.8 Å². The summed E-state index contributed by atoms with van der Waals surface area (Å²) in [5.41, 5.74) is 0. The van der Waals surface area contributed by atoms with Crippen molar-refractivity contribution in [1.82, 2.24) is 15.0 Å². The van der Waals surface area contributed by atoms with E-state index in [0.717, 1.165) is 19.4 Å². The lowest BCUT2D eigenvalue weighted by Crippen LogP contribution is -2.38. The van der Waals surface area contributed by atoms with E-state index in [9.17, 15) is 0 Å². The van der Waals surface area contributed by atoms with E-state index in [4.69, 9.17) is 9.47 Å². The Labute approximate surface area is 127 Å². The van der Waals surface area contributed by atoms with E-state index >= 15 is 0 Å². The average molecular weight is 297 g/mol. The molecule has 0 bridgehead atoms. The smallest absolute Gasteiger partial charge is 0.323 e.